The first-order valence-corrected chi connectivity index (χ1v) is 7.25. The zero-order chi connectivity index (χ0) is 11.4. The van der Waals surface area contributed by atoms with Gasteiger partial charge in [-0.15, -0.1) is 0 Å². The Hall–Kier alpha value is -0.910. The zero-order valence-electron chi connectivity index (χ0n) is 10.7. The third-order valence-corrected chi connectivity index (χ3v) is 5.66. The lowest BCUT2D eigenvalue weighted by Gasteiger charge is -2.27. The molecule has 0 aromatic heterocycles. The molecular formula is C17H21+. The van der Waals surface area contributed by atoms with Gasteiger partial charge in [-0.1, -0.05) is 6.42 Å². The Morgan fingerprint density at radius 2 is 1.82 bits per heavy atom. The van der Waals surface area contributed by atoms with Crippen molar-refractivity contribution in [1.82, 2.24) is 0 Å². The summed E-state index contributed by atoms with van der Waals surface area (Å²) in [6.45, 7) is 2.18. The molecule has 1 aromatic carbocycles. The Morgan fingerprint density at radius 3 is 2.65 bits per heavy atom. The van der Waals surface area contributed by atoms with Crippen LogP contribution in [-0.4, -0.2) is 0 Å². The molecule has 0 nitrogen and oxygen atoms in total. The Labute approximate surface area is 104 Å². The average molecular weight is 225 g/mol. The predicted molar refractivity (Wildman–Crippen MR) is 70.6 cm³/mol. The normalized spacial score (nSPS) is 38.8. The molecule has 0 aliphatic heterocycles. The molecule has 3 fully saturated rings. The van der Waals surface area contributed by atoms with Gasteiger partial charge in [0.2, 0.25) is 0 Å². The number of hydrogen-bond donors (Lipinski definition) is 0. The molecule has 0 unspecified atom stereocenters. The maximum atomic E-state index is 2.36. The first kappa shape index (κ1) is 10.1. The summed E-state index contributed by atoms with van der Waals surface area (Å²) in [6.07, 6.45) is 7.48. The second kappa shape index (κ2) is 3.54. The summed E-state index contributed by atoms with van der Waals surface area (Å²) in [5.74, 6) is 5.97. The molecule has 0 heteroatoms. The predicted octanol–water partition coefficient (Wildman–Crippen LogP) is 4.37. The largest absolute Gasteiger partial charge is 0.133 e. The van der Waals surface area contributed by atoms with E-state index in [1.54, 1.807) is 11.5 Å². The lowest BCUT2D eigenvalue weighted by molar-refractivity contribution is 0.285. The molecule has 4 rings (SSSR count). The van der Waals surface area contributed by atoms with Crippen LogP contribution in [0.2, 0.25) is 0 Å². The van der Waals surface area contributed by atoms with Gasteiger partial charge in [-0.25, -0.2) is 0 Å². The number of fused-ring (bicyclic) bond motifs is 5. The highest BCUT2D eigenvalue weighted by atomic mass is 14.6. The molecule has 3 saturated carbocycles. The van der Waals surface area contributed by atoms with Crippen molar-refractivity contribution in [2.75, 3.05) is 0 Å². The molecule has 0 spiro atoms. The fourth-order valence-electron chi connectivity index (χ4n) is 4.95. The standard InChI is InChI=1S/C17H21/c1-11-5-7-12(8-6-11)16-9-13-10-17(16)15-4-2-3-14(13)15/h5-8,13-15,17H,2-4,9-10H2,1H3/q+1/t13-,14+,15+,17+/m1/s1. The van der Waals surface area contributed by atoms with Gasteiger partial charge in [-0.2, -0.15) is 0 Å². The SMILES string of the molecule is Cc1ccc([C+]2C[C@@H]3C[C@H]2[C@H]2CCC[C@@H]32)cc1. The number of rotatable bonds is 1. The molecule has 17 heavy (non-hydrogen) atoms. The van der Waals surface area contributed by atoms with Gasteiger partial charge in [0.1, 0.15) is 5.56 Å². The molecule has 1 aromatic rings. The van der Waals surface area contributed by atoms with Crippen molar-refractivity contribution in [2.45, 2.75) is 39.0 Å². The van der Waals surface area contributed by atoms with E-state index in [9.17, 15) is 0 Å². The maximum absolute atomic E-state index is 2.36. The summed E-state index contributed by atoms with van der Waals surface area (Å²) >= 11 is 0. The van der Waals surface area contributed by atoms with Gasteiger partial charge < -0.3 is 0 Å². The Kier molecular flexibility index (Phi) is 2.09. The lowest BCUT2D eigenvalue weighted by atomic mass is 9.73. The van der Waals surface area contributed by atoms with Crippen LogP contribution in [0.4, 0.5) is 0 Å². The van der Waals surface area contributed by atoms with Gasteiger partial charge in [0, 0.05) is 30.4 Å². The summed E-state index contributed by atoms with van der Waals surface area (Å²) in [5, 5.41) is 0. The van der Waals surface area contributed by atoms with Crippen molar-refractivity contribution in [2.24, 2.45) is 23.7 Å². The molecule has 0 heterocycles. The minimum Gasteiger partial charge on any atom is -0.0527 e. The van der Waals surface area contributed by atoms with Crippen molar-refractivity contribution < 1.29 is 0 Å². The monoisotopic (exact) mass is 225 g/mol. The van der Waals surface area contributed by atoms with Crippen LogP contribution in [0, 0.1) is 36.5 Å². The van der Waals surface area contributed by atoms with Gasteiger partial charge >= 0.3 is 0 Å². The van der Waals surface area contributed by atoms with Crippen molar-refractivity contribution in [3.8, 4) is 0 Å². The van der Waals surface area contributed by atoms with Crippen molar-refractivity contribution >= 4 is 0 Å². The molecule has 2 bridgehead atoms. The molecular weight excluding hydrogens is 204 g/mol. The number of aryl methyl sites for hydroxylation is 1. The second-order valence-corrected chi connectivity index (χ2v) is 6.46. The van der Waals surface area contributed by atoms with E-state index in [1.165, 1.54) is 37.7 Å². The quantitative estimate of drug-likeness (QED) is 0.622. The van der Waals surface area contributed by atoms with Gasteiger partial charge in [0.25, 0.3) is 0 Å². The summed E-state index contributed by atoms with van der Waals surface area (Å²) in [7, 11) is 0. The topological polar surface area (TPSA) is 0 Å². The summed E-state index contributed by atoms with van der Waals surface area (Å²) < 4.78 is 0. The minimum atomic E-state index is 0.954. The third kappa shape index (κ3) is 1.39. The summed E-state index contributed by atoms with van der Waals surface area (Å²) in [4.78, 5) is 0. The van der Waals surface area contributed by atoms with E-state index < -0.39 is 0 Å². The van der Waals surface area contributed by atoms with Crippen LogP contribution in [0.5, 0.6) is 0 Å². The average Bonchev–Trinajstić information content (AvgIpc) is 3.02. The van der Waals surface area contributed by atoms with Crippen LogP contribution in [0.3, 0.4) is 0 Å². The maximum Gasteiger partial charge on any atom is 0.133 e. The summed E-state index contributed by atoms with van der Waals surface area (Å²) in [6, 6.07) is 9.27. The van der Waals surface area contributed by atoms with E-state index in [4.69, 9.17) is 0 Å². The fraction of sp³-hybridized carbons (Fsp3) is 0.588. The molecule has 3 aliphatic rings. The molecule has 0 N–H and O–H groups in total. The molecule has 3 aliphatic carbocycles. The lowest BCUT2D eigenvalue weighted by Crippen LogP contribution is -2.23. The van der Waals surface area contributed by atoms with E-state index in [1.807, 2.05) is 0 Å². The zero-order valence-corrected chi connectivity index (χ0v) is 10.7. The second-order valence-electron chi connectivity index (χ2n) is 6.46. The highest BCUT2D eigenvalue weighted by molar-refractivity contribution is 5.38. The first-order valence-electron chi connectivity index (χ1n) is 7.25. The van der Waals surface area contributed by atoms with Crippen LogP contribution in [0.15, 0.2) is 24.3 Å². The molecule has 4 atom stereocenters. The highest BCUT2D eigenvalue weighted by Crippen LogP contribution is 2.63. The Bertz CT molecular complexity index is 416. The molecule has 88 valence electrons. The Morgan fingerprint density at radius 1 is 1.06 bits per heavy atom. The van der Waals surface area contributed by atoms with Gasteiger partial charge in [0.05, 0.1) is 0 Å². The van der Waals surface area contributed by atoms with Crippen molar-refractivity contribution in [3.05, 3.63) is 41.3 Å². The van der Waals surface area contributed by atoms with E-state index in [2.05, 4.69) is 31.2 Å². The van der Waals surface area contributed by atoms with E-state index >= 15 is 0 Å². The first-order chi connectivity index (χ1) is 8.33. The van der Waals surface area contributed by atoms with Crippen LogP contribution < -0.4 is 0 Å². The van der Waals surface area contributed by atoms with E-state index in [0.717, 1.165) is 23.7 Å². The smallest absolute Gasteiger partial charge is 0.0527 e. The van der Waals surface area contributed by atoms with E-state index in [-0.39, 0.29) is 0 Å². The van der Waals surface area contributed by atoms with Gasteiger partial charge in [0.15, 0.2) is 0 Å². The third-order valence-electron chi connectivity index (χ3n) is 5.66. The Balaban J connectivity index is 1.63. The fourth-order valence-corrected chi connectivity index (χ4v) is 4.95. The van der Waals surface area contributed by atoms with E-state index in [0.29, 0.717) is 0 Å². The van der Waals surface area contributed by atoms with Crippen LogP contribution in [0.25, 0.3) is 0 Å². The van der Waals surface area contributed by atoms with Crippen molar-refractivity contribution in [3.63, 3.8) is 0 Å². The van der Waals surface area contributed by atoms with Crippen LogP contribution >= 0.6 is 0 Å². The van der Waals surface area contributed by atoms with Crippen molar-refractivity contribution in [1.29, 1.82) is 0 Å². The number of hydrogen-bond acceptors (Lipinski definition) is 0. The molecule has 0 amide bonds. The van der Waals surface area contributed by atoms with Gasteiger partial charge in [-0.05, 0) is 61.6 Å². The minimum absolute atomic E-state index is 0.954. The molecule has 0 radical (unpaired) electrons. The van der Waals surface area contributed by atoms with Gasteiger partial charge in [-0.3, -0.25) is 0 Å². The van der Waals surface area contributed by atoms with Crippen LogP contribution in [-0.2, 0) is 0 Å². The number of benzene rings is 1. The highest BCUT2D eigenvalue weighted by Gasteiger charge is 2.57. The molecule has 0 saturated heterocycles. The summed E-state index contributed by atoms with van der Waals surface area (Å²) in [5.41, 5.74) is 2.93. The van der Waals surface area contributed by atoms with Crippen LogP contribution in [0.1, 0.15) is 43.2 Å².